The number of methoxy groups -OCH3 is 1. The van der Waals surface area contributed by atoms with Crippen LogP contribution in [-0.2, 0) is 9.53 Å². The minimum atomic E-state index is -0.395. The van der Waals surface area contributed by atoms with Gasteiger partial charge in [-0.15, -0.1) is 11.8 Å². The summed E-state index contributed by atoms with van der Waals surface area (Å²) < 4.78 is 11.5. The number of hydrogen-bond acceptors (Lipinski definition) is 4. The molecule has 4 atom stereocenters. The topological polar surface area (TPSA) is 35.5 Å². The highest BCUT2D eigenvalue weighted by molar-refractivity contribution is 8.00. The molecule has 3 rings (SSSR count). The average Bonchev–Trinajstić information content (AvgIpc) is 2.72. The van der Waals surface area contributed by atoms with Gasteiger partial charge in [0.2, 0.25) is 0 Å². The second-order valence-electron chi connectivity index (χ2n) is 8.39. The van der Waals surface area contributed by atoms with Crippen LogP contribution >= 0.6 is 11.8 Å². The normalized spacial score (nSPS) is 22.9. The van der Waals surface area contributed by atoms with Gasteiger partial charge in [0, 0.05) is 4.90 Å². The maximum atomic E-state index is 13.4. The van der Waals surface area contributed by atoms with E-state index in [1.54, 1.807) is 18.9 Å². The van der Waals surface area contributed by atoms with E-state index in [0.29, 0.717) is 17.8 Å². The molecule has 0 N–H and O–H groups in total. The zero-order valence-electron chi connectivity index (χ0n) is 17.8. The van der Waals surface area contributed by atoms with Crippen LogP contribution in [0.4, 0.5) is 0 Å². The Hall–Kier alpha value is -1.94. The summed E-state index contributed by atoms with van der Waals surface area (Å²) >= 11 is 1.55. The number of carbonyl (C=O) groups is 1. The van der Waals surface area contributed by atoms with E-state index >= 15 is 0 Å². The molecule has 0 bridgehead atoms. The first-order valence-electron chi connectivity index (χ1n) is 10.5. The molecule has 2 aromatic carbocycles. The highest BCUT2D eigenvalue weighted by Gasteiger charge is 2.35. The van der Waals surface area contributed by atoms with Gasteiger partial charge in [-0.2, -0.15) is 0 Å². The average molecular weight is 413 g/mol. The molecule has 1 unspecified atom stereocenters. The maximum Gasteiger partial charge on any atom is 0.324 e. The smallest absolute Gasteiger partial charge is 0.324 e. The predicted molar refractivity (Wildman–Crippen MR) is 119 cm³/mol. The van der Waals surface area contributed by atoms with E-state index in [0.717, 1.165) is 29.1 Å². The zero-order valence-corrected chi connectivity index (χ0v) is 18.7. The van der Waals surface area contributed by atoms with E-state index in [-0.39, 0.29) is 12.1 Å². The van der Waals surface area contributed by atoms with Crippen molar-refractivity contribution < 1.29 is 14.3 Å². The van der Waals surface area contributed by atoms with Crippen LogP contribution in [-0.4, -0.2) is 19.2 Å². The zero-order chi connectivity index (χ0) is 20.8. The van der Waals surface area contributed by atoms with Crippen molar-refractivity contribution in [1.82, 2.24) is 0 Å². The molecule has 1 fully saturated rings. The Labute approximate surface area is 179 Å². The number of rotatable bonds is 7. The number of thioether (sulfide) groups is 1. The molecule has 4 heteroatoms. The molecule has 3 nitrogen and oxygen atoms in total. The van der Waals surface area contributed by atoms with Gasteiger partial charge in [-0.05, 0) is 60.4 Å². The van der Waals surface area contributed by atoms with Crippen LogP contribution in [0.5, 0.6) is 5.75 Å². The van der Waals surface area contributed by atoms with Crippen LogP contribution in [0.2, 0.25) is 0 Å². The van der Waals surface area contributed by atoms with E-state index in [9.17, 15) is 4.79 Å². The fourth-order valence-electron chi connectivity index (χ4n) is 4.13. The highest BCUT2D eigenvalue weighted by atomic mass is 32.2. The van der Waals surface area contributed by atoms with Crippen molar-refractivity contribution in [3.8, 4) is 5.75 Å². The SMILES string of the molecule is COc1ccc(C(Sc2ccccc2)C(=O)O[C@@H]2C[C@H](C)CC[C@H]2C(C)C)cc1. The monoisotopic (exact) mass is 412 g/mol. The molecule has 0 saturated heterocycles. The van der Waals surface area contributed by atoms with Crippen LogP contribution in [0.25, 0.3) is 0 Å². The lowest BCUT2D eigenvalue weighted by Gasteiger charge is -2.37. The molecule has 0 heterocycles. The minimum absolute atomic E-state index is 0.00312. The maximum absolute atomic E-state index is 13.4. The van der Waals surface area contributed by atoms with Gasteiger partial charge >= 0.3 is 5.97 Å². The first-order chi connectivity index (χ1) is 14.0. The molecule has 29 heavy (non-hydrogen) atoms. The molecular weight excluding hydrogens is 380 g/mol. The molecule has 1 aliphatic carbocycles. The first kappa shape index (κ1) is 21.8. The molecular formula is C25H32O3S. The second kappa shape index (κ2) is 10.2. The van der Waals surface area contributed by atoms with Gasteiger partial charge in [-0.1, -0.05) is 57.5 Å². The van der Waals surface area contributed by atoms with Crippen molar-refractivity contribution >= 4 is 17.7 Å². The summed E-state index contributed by atoms with van der Waals surface area (Å²) in [6.45, 7) is 6.74. The Balaban J connectivity index is 1.82. The molecule has 156 valence electrons. The molecule has 0 radical (unpaired) electrons. The lowest BCUT2D eigenvalue weighted by Crippen LogP contribution is -2.36. The third-order valence-corrected chi connectivity index (χ3v) is 7.10. The Morgan fingerprint density at radius 3 is 2.34 bits per heavy atom. The largest absolute Gasteiger partial charge is 0.497 e. The summed E-state index contributed by atoms with van der Waals surface area (Å²) in [5.74, 6) is 2.19. The van der Waals surface area contributed by atoms with Crippen LogP contribution < -0.4 is 4.74 Å². The third-order valence-electron chi connectivity index (χ3n) is 5.86. The molecule has 2 aromatic rings. The van der Waals surface area contributed by atoms with Crippen molar-refractivity contribution in [2.24, 2.45) is 17.8 Å². The van der Waals surface area contributed by atoms with Crippen molar-refractivity contribution in [1.29, 1.82) is 0 Å². The van der Waals surface area contributed by atoms with Gasteiger partial charge in [-0.3, -0.25) is 4.79 Å². The molecule has 0 aromatic heterocycles. The van der Waals surface area contributed by atoms with Gasteiger partial charge in [-0.25, -0.2) is 0 Å². The van der Waals surface area contributed by atoms with E-state index in [1.165, 1.54) is 6.42 Å². The molecule has 0 aliphatic heterocycles. The van der Waals surface area contributed by atoms with Gasteiger partial charge in [0.15, 0.2) is 0 Å². The van der Waals surface area contributed by atoms with E-state index in [1.807, 2.05) is 54.6 Å². The lowest BCUT2D eigenvalue weighted by atomic mass is 9.75. The van der Waals surface area contributed by atoms with E-state index < -0.39 is 5.25 Å². The van der Waals surface area contributed by atoms with Crippen molar-refractivity contribution in [3.63, 3.8) is 0 Å². The highest BCUT2D eigenvalue weighted by Crippen LogP contribution is 2.40. The summed E-state index contributed by atoms with van der Waals surface area (Å²) in [7, 11) is 1.65. The van der Waals surface area contributed by atoms with Gasteiger partial charge in [0.25, 0.3) is 0 Å². The van der Waals surface area contributed by atoms with E-state index in [4.69, 9.17) is 9.47 Å². The number of carbonyl (C=O) groups excluding carboxylic acids is 1. The van der Waals surface area contributed by atoms with Crippen molar-refractivity contribution in [2.45, 2.75) is 56.3 Å². The lowest BCUT2D eigenvalue weighted by molar-refractivity contribution is -0.155. The van der Waals surface area contributed by atoms with Gasteiger partial charge in [0.05, 0.1) is 7.11 Å². The Bertz CT molecular complexity index is 772. The molecule has 0 spiro atoms. The van der Waals surface area contributed by atoms with Crippen LogP contribution in [0.1, 0.15) is 50.8 Å². The summed E-state index contributed by atoms with van der Waals surface area (Å²) in [5, 5.41) is -0.395. The Morgan fingerprint density at radius 2 is 1.72 bits per heavy atom. The van der Waals surface area contributed by atoms with E-state index in [2.05, 4.69) is 20.8 Å². The van der Waals surface area contributed by atoms with Crippen LogP contribution in [0, 0.1) is 17.8 Å². The minimum Gasteiger partial charge on any atom is -0.497 e. The fourth-order valence-corrected chi connectivity index (χ4v) is 5.16. The van der Waals surface area contributed by atoms with Gasteiger partial charge in [0.1, 0.15) is 17.1 Å². The van der Waals surface area contributed by atoms with Gasteiger partial charge < -0.3 is 9.47 Å². The van der Waals surface area contributed by atoms with Crippen molar-refractivity contribution in [2.75, 3.05) is 7.11 Å². The number of hydrogen-bond donors (Lipinski definition) is 0. The summed E-state index contributed by atoms with van der Waals surface area (Å²) in [4.78, 5) is 14.4. The molecule has 1 saturated carbocycles. The predicted octanol–water partition coefficient (Wildman–Crippen LogP) is 6.53. The summed E-state index contributed by atoms with van der Waals surface area (Å²) in [6, 6.07) is 17.8. The van der Waals surface area contributed by atoms with Crippen molar-refractivity contribution in [3.05, 3.63) is 60.2 Å². The Kier molecular flexibility index (Phi) is 7.65. The Morgan fingerprint density at radius 1 is 1.03 bits per heavy atom. The number of benzene rings is 2. The quantitative estimate of drug-likeness (QED) is 0.382. The first-order valence-corrected chi connectivity index (χ1v) is 11.4. The molecule has 1 aliphatic rings. The standard InChI is InChI=1S/C25H32O3S/c1-17(2)22-15-10-18(3)16-23(22)28-25(26)24(29-21-8-6-5-7-9-21)19-11-13-20(27-4)14-12-19/h5-9,11-14,17-18,22-24H,10,15-16H2,1-4H3/t18-,22+,23-,24?/m1/s1. The van der Waals surface area contributed by atoms with Crippen LogP contribution in [0.15, 0.2) is 59.5 Å². The third kappa shape index (κ3) is 5.79. The number of ether oxygens (including phenoxy) is 2. The van der Waals surface area contributed by atoms with Crippen LogP contribution in [0.3, 0.4) is 0 Å². The summed E-state index contributed by atoms with van der Waals surface area (Å²) in [6.07, 6.45) is 3.32. The second-order valence-corrected chi connectivity index (χ2v) is 9.56. The molecule has 0 amide bonds. The fraction of sp³-hybridized carbons (Fsp3) is 0.480. The summed E-state index contributed by atoms with van der Waals surface area (Å²) in [5.41, 5.74) is 0.939. The number of esters is 1.